The number of aryl methyl sites for hydroxylation is 2. The Bertz CT molecular complexity index is 1420. The highest BCUT2D eigenvalue weighted by atomic mass is 16.6. The Hall–Kier alpha value is -3.86. The summed E-state index contributed by atoms with van der Waals surface area (Å²) in [5, 5.41) is 10.2. The van der Waals surface area contributed by atoms with Crippen LogP contribution in [0.5, 0.6) is 11.5 Å². The lowest BCUT2D eigenvalue weighted by molar-refractivity contribution is 0.172. The predicted octanol–water partition coefficient (Wildman–Crippen LogP) is 5.89. The third-order valence-electron chi connectivity index (χ3n) is 6.38. The molecular weight excluding hydrogens is 410 g/mol. The summed E-state index contributed by atoms with van der Waals surface area (Å²) in [6, 6.07) is 21.4. The summed E-state index contributed by atoms with van der Waals surface area (Å²) in [6.45, 7) is 6.14. The molecule has 3 aromatic rings. The summed E-state index contributed by atoms with van der Waals surface area (Å²) in [6.07, 6.45) is 3.19. The van der Waals surface area contributed by atoms with Gasteiger partial charge in [-0.05, 0) is 30.5 Å². The summed E-state index contributed by atoms with van der Waals surface area (Å²) in [5.41, 5.74) is 8.77. The standard InChI is InChI=1S/C28H25N3O2/c1-3-19-8-10-21(11-9-19)27-23-17-31(16-20-6-4-18(2)5-7-20)24-15-26-25(32-12-13-33-26)14-22(24)28(23)30-29-27/h4-11,14-15,17H,3,12-13,16H2,1-2H3. The number of nitrogens with zero attached hydrogens (tertiary/aromatic N) is 3. The Morgan fingerprint density at radius 1 is 0.818 bits per heavy atom. The van der Waals surface area contributed by atoms with Crippen molar-refractivity contribution in [2.45, 2.75) is 26.8 Å². The molecule has 3 aromatic carbocycles. The zero-order valence-corrected chi connectivity index (χ0v) is 18.8. The number of fused-ring (bicyclic) bond motifs is 4. The third kappa shape index (κ3) is 3.50. The van der Waals surface area contributed by atoms with E-state index in [9.17, 15) is 0 Å². The topological polar surface area (TPSA) is 49.2 Å². The predicted molar refractivity (Wildman–Crippen MR) is 130 cm³/mol. The normalized spacial score (nSPS) is 13.0. The Balaban J connectivity index is 1.56. The average Bonchev–Trinajstić information content (AvgIpc) is 3.28. The second-order valence-corrected chi connectivity index (χ2v) is 8.62. The molecule has 0 fully saturated rings. The molecule has 0 atom stereocenters. The van der Waals surface area contributed by atoms with Gasteiger partial charge in [0, 0.05) is 35.3 Å². The van der Waals surface area contributed by atoms with E-state index in [0.29, 0.717) is 13.2 Å². The summed E-state index contributed by atoms with van der Waals surface area (Å²) >= 11 is 0. The maximum atomic E-state index is 5.89. The molecule has 3 aliphatic heterocycles. The molecule has 0 saturated heterocycles. The first-order valence-electron chi connectivity index (χ1n) is 11.4. The van der Waals surface area contributed by atoms with Crippen LogP contribution in [0.4, 0.5) is 0 Å². The highest BCUT2D eigenvalue weighted by Crippen LogP contribution is 2.41. The molecule has 3 heterocycles. The first-order valence-corrected chi connectivity index (χ1v) is 11.4. The fourth-order valence-electron chi connectivity index (χ4n) is 4.50. The molecule has 33 heavy (non-hydrogen) atoms. The molecule has 6 rings (SSSR count). The van der Waals surface area contributed by atoms with Crippen LogP contribution < -0.4 is 9.47 Å². The summed E-state index contributed by atoms with van der Waals surface area (Å²) in [5.74, 6) is 1.54. The zero-order chi connectivity index (χ0) is 22.4. The van der Waals surface area contributed by atoms with Gasteiger partial charge in [-0.1, -0.05) is 61.0 Å². The van der Waals surface area contributed by atoms with Crippen LogP contribution >= 0.6 is 0 Å². The minimum atomic E-state index is 0.555. The maximum Gasteiger partial charge on any atom is 0.163 e. The zero-order valence-electron chi connectivity index (χ0n) is 18.8. The highest BCUT2D eigenvalue weighted by Gasteiger charge is 2.23. The van der Waals surface area contributed by atoms with Crippen molar-refractivity contribution in [2.24, 2.45) is 0 Å². The molecule has 0 aromatic heterocycles. The third-order valence-corrected chi connectivity index (χ3v) is 6.38. The molecule has 0 radical (unpaired) electrons. The quantitative estimate of drug-likeness (QED) is 0.353. The van der Waals surface area contributed by atoms with Gasteiger partial charge in [0.25, 0.3) is 0 Å². The number of hydrogen-bond donors (Lipinski definition) is 0. The van der Waals surface area contributed by atoms with Crippen LogP contribution in [0, 0.1) is 6.92 Å². The number of ether oxygens (including phenoxy) is 2. The van der Waals surface area contributed by atoms with Crippen molar-refractivity contribution in [3.63, 3.8) is 0 Å². The van der Waals surface area contributed by atoms with Gasteiger partial charge >= 0.3 is 0 Å². The van der Waals surface area contributed by atoms with E-state index in [1.807, 2.05) is 0 Å². The second-order valence-electron chi connectivity index (χ2n) is 8.62. The smallest absolute Gasteiger partial charge is 0.163 e. The van der Waals surface area contributed by atoms with Gasteiger partial charge in [0.2, 0.25) is 0 Å². The lowest BCUT2D eigenvalue weighted by Gasteiger charge is -2.21. The van der Waals surface area contributed by atoms with Gasteiger partial charge in [-0.3, -0.25) is 0 Å². The van der Waals surface area contributed by atoms with Crippen molar-refractivity contribution < 1.29 is 9.47 Å². The van der Waals surface area contributed by atoms with E-state index in [1.165, 1.54) is 16.7 Å². The Labute approximate surface area is 193 Å². The molecule has 0 bridgehead atoms. The molecule has 0 saturated carbocycles. The fraction of sp³-hybridized carbons (Fsp3) is 0.214. The first-order chi connectivity index (χ1) is 16.2. The monoisotopic (exact) mass is 435 g/mol. The van der Waals surface area contributed by atoms with E-state index in [2.05, 4.69) is 95.5 Å². The number of benzene rings is 3. The largest absolute Gasteiger partial charge is 0.486 e. The van der Waals surface area contributed by atoms with Crippen LogP contribution in [0.15, 0.2) is 66.9 Å². The SMILES string of the molecule is CCc1ccc(-c2nnc3c4cc5c(cc4n(Cc4ccc(C)cc4)cc2-3)OCCO5)cc1. The van der Waals surface area contributed by atoms with Crippen molar-refractivity contribution in [2.75, 3.05) is 13.2 Å². The van der Waals surface area contributed by atoms with Crippen LogP contribution in [-0.4, -0.2) is 28.0 Å². The minimum Gasteiger partial charge on any atom is -0.486 e. The number of hydrogen-bond acceptors (Lipinski definition) is 4. The Morgan fingerprint density at radius 2 is 1.48 bits per heavy atom. The molecule has 0 N–H and O–H groups in total. The van der Waals surface area contributed by atoms with Gasteiger partial charge in [0.15, 0.2) is 11.5 Å². The van der Waals surface area contributed by atoms with E-state index in [4.69, 9.17) is 9.47 Å². The van der Waals surface area contributed by atoms with Gasteiger partial charge in [-0.2, -0.15) is 0 Å². The molecule has 0 unspecified atom stereocenters. The van der Waals surface area contributed by atoms with Crippen LogP contribution in [0.2, 0.25) is 0 Å². The maximum absolute atomic E-state index is 5.89. The Morgan fingerprint density at radius 3 is 2.21 bits per heavy atom. The van der Waals surface area contributed by atoms with E-state index >= 15 is 0 Å². The van der Waals surface area contributed by atoms with Gasteiger partial charge < -0.3 is 14.0 Å². The lowest BCUT2D eigenvalue weighted by atomic mass is 10.00. The first kappa shape index (κ1) is 19.8. The Kier molecular flexibility index (Phi) is 4.75. The van der Waals surface area contributed by atoms with Gasteiger partial charge in [0.05, 0.1) is 5.52 Å². The number of aromatic nitrogens is 3. The molecule has 3 aliphatic rings. The van der Waals surface area contributed by atoms with Gasteiger partial charge in [-0.25, -0.2) is 0 Å². The average molecular weight is 436 g/mol. The van der Waals surface area contributed by atoms with Gasteiger partial charge in [-0.15, -0.1) is 10.2 Å². The van der Waals surface area contributed by atoms with E-state index in [0.717, 1.165) is 57.9 Å². The van der Waals surface area contributed by atoms with E-state index < -0.39 is 0 Å². The lowest BCUT2D eigenvalue weighted by Crippen LogP contribution is -2.15. The molecule has 0 amide bonds. The second kappa shape index (κ2) is 7.93. The molecule has 164 valence electrons. The molecule has 0 spiro atoms. The molecule has 0 aliphatic carbocycles. The van der Waals surface area contributed by atoms with Crippen LogP contribution in [0.25, 0.3) is 33.4 Å². The van der Waals surface area contributed by atoms with Crippen molar-refractivity contribution in [1.82, 2.24) is 14.8 Å². The summed E-state index contributed by atoms with van der Waals surface area (Å²) in [4.78, 5) is 0. The fourth-order valence-corrected chi connectivity index (χ4v) is 4.50. The molecule has 5 heteroatoms. The number of pyridine rings is 1. The van der Waals surface area contributed by atoms with Crippen molar-refractivity contribution in [1.29, 1.82) is 0 Å². The van der Waals surface area contributed by atoms with Crippen molar-refractivity contribution >= 4 is 10.9 Å². The van der Waals surface area contributed by atoms with Crippen LogP contribution in [-0.2, 0) is 13.0 Å². The molecular formula is C28H25N3O2. The number of rotatable bonds is 4. The van der Waals surface area contributed by atoms with E-state index in [-0.39, 0.29) is 0 Å². The van der Waals surface area contributed by atoms with Crippen molar-refractivity contribution in [3.8, 4) is 34.0 Å². The van der Waals surface area contributed by atoms with Crippen LogP contribution in [0.3, 0.4) is 0 Å². The van der Waals surface area contributed by atoms with Gasteiger partial charge in [0.1, 0.15) is 24.6 Å². The van der Waals surface area contributed by atoms with E-state index in [1.54, 1.807) is 0 Å². The van der Waals surface area contributed by atoms with Crippen molar-refractivity contribution in [3.05, 3.63) is 83.6 Å². The summed E-state index contributed by atoms with van der Waals surface area (Å²) in [7, 11) is 0. The van der Waals surface area contributed by atoms with Crippen LogP contribution in [0.1, 0.15) is 23.6 Å². The molecule has 5 nitrogen and oxygen atoms in total. The summed E-state index contributed by atoms with van der Waals surface area (Å²) < 4.78 is 14.0. The highest BCUT2D eigenvalue weighted by molar-refractivity contribution is 5.99. The minimum absolute atomic E-state index is 0.555.